The number of amidine groups is 1. The summed E-state index contributed by atoms with van der Waals surface area (Å²) in [4.78, 5) is 12.3. The average molecular weight is 541 g/mol. The van der Waals surface area contributed by atoms with E-state index in [0.29, 0.717) is 16.7 Å². The number of benzene rings is 2. The van der Waals surface area contributed by atoms with Gasteiger partial charge in [0.05, 0.1) is 11.3 Å². The van der Waals surface area contributed by atoms with Crippen molar-refractivity contribution < 1.29 is 9.84 Å². The maximum absolute atomic E-state index is 10.9. The Morgan fingerprint density at radius 1 is 1.05 bits per heavy atom. The third-order valence-electron chi connectivity index (χ3n) is 8.26. The van der Waals surface area contributed by atoms with Crippen molar-refractivity contribution in [1.82, 2.24) is 15.2 Å². The van der Waals surface area contributed by atoms with E-state index in [0.717, 1.165) is 80.5 Å². The van der Waals surface area contributed by atoms with Crippen LogP contribution in [0.15, 0.2) is 47.5 Å². The third kappa shape index (κ3) is 6.17. The van der Waals surface area contributed by atoms with Gasteiger partial charge in [-0.3, -0.25) is 14.9 Å². The van der Waals surface area contributed by atoms with E-state index in [1.54, 1.807) is 6.07 Å². The first-order valence-corrected chi connectivity index (χ1v) is 14.9. The van der Waals surface area contributed by atoms with Gasteiger partial charge in [0, 0.05) is 55.1 Å². The second kappa shape index (κ2) is 12.0. The van der Waals surface area contributed by atoms with Gasteiger partial charge in [-0.2, -0.15) is 0 Å². The molecule has 0 radical (unpaired) electrons. The number of aliphatic imine (C=N–C) groups is 1. The molecule has 5 rings (SSSR count). The van der Waals surface area contributed by atoms with Crippen LogP contribution in [0, 0.1) is 12.3 Å². The number of rotatable bonds is 8. The zero-order valence-corrected chi connectivity index (χ0v) is 24.8. The standard InChI is InChI=1S/C34H44N4O2/c1-6-24-11-8-12-25(7-2)32(24)29-20-31(28(23(3)37-29)21-38-18-9-15-34(4,5)22-38)40-26-13-14-27(30(39)19-26)33-35-16-10-17-36-33/h8,11-14,19-20,39H,6-7,9-10,15-18,21-22H2,1-5H3,(H,35,36). The molecule has 0 saturated carbocycles. The molecular formula is C34H44N4O2. The maximum atomic E-state index is 10.9. The van der Waals surface area contributed by atoms with Crippen molar-refractivity contribution in [2.24, 2.45) is 10.4 Å². The summed E-state index contributed by atoms with van der Waals surface area (Å²) in [7, 11) is 0. The highest BCUT2D eigenvalue weighted by Gasteiger charge is 2.28. The lowest BCUT2D eigenvalue weighted by molar-refractivity contribution is 0.111. The molecule has 0 unspecified atom stereocenters. The minimum absolute atomic E-state index is 0.167. The zero-order valence-electron chi connectivity index (χ0n) is 24.8. The third-order valence-corrected chi connectivity index (χ3v) is 8.26. The molecule has 0 spiro atoms. The minimum Gasteiger partial charge on any atom is -0.507 e. The van der Waals surface area contributed by atoms with Crippen LogP contribution in [0.25, 0.3) is 11.3 Å². The van der Waals surface area contributed by atoms with Crippen molar-refractivity contribution >= 4 is 5.84 Å². The van der Waals surface area contributed by atoms with E-state index in [1.807, 2.05) is 12.1 Å². The molecule has 3 heterocycles. The van der Waals surface area contributed by atoms with E-state index in [1.165, 1.54) is 29.5 Å². The van der Waals surface area contributed by atoms with E-state index in [4.69, 9.17) is 9.72 Å². The van der Waals surface area contributed by atoms with Crippen LogP contribution in [-0.2, 0) is 19.4 Å². The first-order valence-electron chi connectivity index (χ1n) is 14.9. The number of aryl methyl sites for hydroxylation is 3. The summed E-state index contributed by atoms with van der Waals surface area (Å²) in [5, 5.41) is 14.2. The van der Waals surface area contributed by atoms with Gasteiger partial charge in [0.15, 0.2) is 0 Å². The number of pyridine rings is 1. The number of aromatic hydroxyl groups is 1. The van der Waals surface area contributed by atoms with E-state index in [2.05, 4.69) is 74.1 Å². The lowest BCUT2D eigenvalue weighted by Crippen LogP contribution is -2.39. The molecule has 1 fully saturated rings. The van der Waals surface area contributed by atoms with Crippen LogP contribution in [0.1, 0.15) is 74.9 Å². The zero-order chi connectivity index (χ0) is 28.3. The average Bonchev–Trinajstić information content (AvgIpc) is 2.94. The highest BCUT2D eigenvalue weighted by Crippen LogP contribution is 2.38. The van der Waals surface area contributed by atoms with Gasteiger partial charge in [-0.1, -0.05) is 45.9 Å². The van der Waals surface area contributed by atoms with Gasteiger partial charge < -0.3 is 15.2 Å². The summed E-state index contributed by atoms with van der Waals surface area (Å²) in [6.45, 7) is 15.8. The molecule has 6 nitrogen and oxygen atoms in total. The number of ether oxygens (including phenoxy) is 1. The van der Waals surface area contributed by atoms with Gasteiger partial charge in [0.1, 0.15) is 23.1 Å². The second-order valence-electron chi connectivity index (χ2n) is 12.0. The van der Waals surface area contributed by atoms with Crippen LogP contribution in [0.3, 0.4) is 0 Å². The summed E-state index contributed by atoms with van der Waals surface area (Å²) >= 11 is 0. The number of phenols is 1. The van der Waals surface area contributed by atoms with Crippen LogP contribution >= 0.6 is 0 Å². The van der Waals surface area contributed by atoms with E-state index >= 15 is 0 Å². The molecule has 2 aliphatic heterocycles. The molecule has 2 aliphatic rings. The first-order chi connectivity index (χ1) is 19.3. The van der Waals surface area contributed by atoms with Gasteiger partial charge in [0.2, 0.25) is 0 Å². The molecular weight excluding hydrogens is 496 g/mol. The van der Waals surface area contributed by atoms with E-state index < -0.39 is 0 Å². The predicted octanol–water partition coefficient (Wildman–Crippen LogP) is 7.04. The Hall–Kier alpha value is -3.38. The van der Waals surface area contributed by atoms with Crippen LogP contribution in [0.5, 0.6) is 17.2 Å². The fourth-order valence-corrected chi connectivity index (χ4v) is 6.17. The second-order valence-corrected chi connectivity index (χ2v) is 12.0. The van der Waals surface area contributed by atoms with Crippen LogP contribution < -0.4 is 10.1 Å². The molecule has 0 bridgehead atoms. The Balaban J connectivity index is 1.56. The lowest BCUT2D eigenvalue weighted by atomic mass is 9.84. The molecule has 0 aliphatic carbocycles. The number of piperidine rings is 1. The van der Waals surface area contributed by atoms with Crippen molar-refractivity contribution in [3.8, 4) is 28.5 Å². The quantitative estimate of drug-likeness (QED) is 0.321. The summed E-state index contributed by atoms with van der Waals surface area (Å²) in [6.07, 6.45) is 5.34. The summed E-state index contributed by atoms with van der Waals surface area (Å²) < 4.78 is 6.63. The Bertz CT molecular complexity index is 1370. The van der Waals surface area contributed by atoms with Gasteiger partial charge >= 0.3 is 0 Å². The highest BCUT2D eigenvalue weighted by atomic mass is 16.5. The minimum atomic E-state index is 0.167. The van der Waals surface area contributed by atoms with Crippen molar-refractivity contribution in [1.29, 1.82) is 0 Å². The summed E-state index contributed by atoms with van der Waals surface area (Å²) in [5.41, 5.74) is 7.86. The van der Waals surface area contributed by atoms with E-state index in [9.17, 15) is 5.11 Å². The van der Waals surface area contributed by atoms with Crippen molar-refractivity contribution in [2.45, 2.75) is 73.3 Å². The van der Waals surface area contributed by atoms with Crippen LogP contribution in [0.2, 0.25) is 0 Å². The molecule has 1 aromatic heterocycles. The molecule has 212 valence electrons. The van der Waals surface area contributed by atoms with Crippen LogP contribution in [0.4, 0.5) is 0 Å². The van der Waals surface area contributed by atoms with E-state index in [-0.39, 0.29) is 5.75 Å². The van der Waals surface area contributed by atoms with Gasteiger partial charge in [0.25, 0.3) is 0 Å². The van der Waals surface area contributed by atoms with Crippen molar-refractivity contribution in [3.63, 3.8) is 0 Å². The van der Waals surface area contributed by atoms with Crippen LogP contribution in [-0.4, -0.2) is 47.0 Å². The molecule has 2 aromatic carbocycles. The highest BCUT2D eigenvalue weighted by molar-refractivity contribution is 6.01. The number of nitrogens with one attached hydrogen (secondary N) is 1. The smallest absolute Gasteiger partial charge is 0.135 e. The monoisotopic (exact) mass is 540 g/mol. The predicted molar refractivity (Wildman–Crippen MR) is 164 cm³/mol. The summed E-state index contributed by atoms with van der Waals surface area (Å²) in [6, 6.07) is 14.2. The Morgan fingerprint density at radius 3 is 2.48 bits per heavy atom. The molecule has 1 saturated heterocycles. The normalized spacial score (nSPS) is 17.3. The van der Waals surface area contributed by atoms with Crippen molar-refractivity contribution in [3.05, 3.63) is 70.4 Å². The number of hydrogen-bond donors (Lipinski definition) is 2. The molecule has 0 atom stereocenters. The number of aromatic nitrogens is 1. The first kappa shape index (κ1) is 28.2. The van der Waals surface area contributed by atoms with Gasteiger partial charge in [-0.25, -0.2) is 0 Å². The fraction of sp³-hybridized carbons (Fsp3) is 0.471. The Labute approximate surface area is 239 Å². The topological polar surface area (TPSA) is 70.0 Å². The number of hydrogen-bond acceptors (Lipinski definition) is 6. The molecule has 6 heteroatoms. The molecule has 0 amide bonds. The Morgan fingerprint density at radius 2 is 1.82 bits per heavy atom. The molecule has 3 aromatic rings. The largest absolute Gasteiger partial charge is 0.507 e. The fourth-order valence-electron chi connectivity index (χ4n) is 6.17. The molecule has 40 heavy (non-hydrogen) atoms. The number of nitrogens with zero attached hydrogens (tertiary/aromatic N) is 3. The maximum Gasteiger partial charge on any atom is 0.135 e. The number of phenolic OH excluding ortho intramolecular Hbond substituents is 1. The Kier molecular flexibility index (Phi) is 8.46. The SMILES string of the molecule is CCc1cccc(CC)c1-c1cc(Oc2ccc(C3=NCCCN3)c(O)c2)c(CN2CCCC(C)(C)C2)c(C)n1. The van der Waals surface area contributed by atoms with Gasteiger partial charge in [-0.15, -0.1) is 0 Å². The van der Waals surface area contributed by atoms with Gasteiger partial charge in [-0.05, 0) is 74.2 Å². The lowest BCUT2D eigenvalue weighted by Gasteiger charge is -2.38. The van der Waals surface area contributed by atoms with Crippen molar-refractivity contribution in [2.75, 3.05) is 26.2 Å². The summed E-state index contributed by atoms with van der Waals surface area (Å²) in [5.74, 6) is 2.32. The number of likely N-dealkylation sites (tertiary alicyclic amines) is 1. The molecule has 2 N–H and O–H groups in total.